The van der Waals surface area contributed by atoms with Crippen LogP contribution in [0.4, 0.5) is 0 Å². The van der Waals surface area contributed by atoms with Crippen molar-refractivity contribution in [3.63, 3.8) is 0 Å². The molecular formula is C19H11ClO2S. The molecule has 3 aromatic rings. The van der Waals surface area contributed by atoms with Gasteiger partial charge in [-0.15, -0.1) is 0 Å². The molecule has 0 amide bonds. The van der Waals surface area contributed by atoms with Crippen LogP contribution >= 0.6 is 23.4 Å². The van der Waals surface area contributed by atoms with Crippen molar-refractivity contribution in [1.29, 1.82) is 0 Å². The Bertz CT molecular complexity index is 940. The zero-order valence-corrected chi connectivity index (χ0v) is 13.5. The van der Waals surface area contributed by atoms with E-state index in [4.69, 9.17) is 16.0 Å². The molecule has 4 heteroatoms. The fourth-order valence-corrected chi connectivity index (χ4v) is 3.76. The molecule has 4 rings (SSSR count). The van der Waals surface area contributed by atoms with Gasteiger partial charge in [0.15, 0.2) is 0 Å². The summed E-state index contributed by atoms with van der Waals surface area (Å²) in [5.74, 6) is 1.38. The predicted molar refractivity (Wildman–Crippen MR) is 93.8 cm³/mol. The summed E-state index contributed by atoms with van der Waals surface area (Å²) in [5.41, 5.74) is 1.59. The molecule has 0 radical (unpaired) electrons. The molecule has 23 heavy (non-hydrogen) atoms. The van der Waals surface area contributed by atoms with Crippen molar-refractivity contribution < 1.29 is 9.21 Å². The highest BCUT2D eigenvalue weighted by Gasteiger charge is 2.25. The summed E-state index contributed by atoms with van der Waals surface area (Å²) in [6, 6.07) is 18.9. The number of furan rings is 1. The van der Waals surface area contributed by atoms with E-state index in [0.717, 1.165) is 16.0 Å². The van der Waals surface area contributed by atoms with Crippen molar-refractivity contribution in [3.05, 3.63) is 81.9 Å². The number of allylic oxidation sites excluding steroid dienone is 1. The van der Waals surface area contributed by atoms with Gasteiger partial charge in [-0.25, -0.2) is 0 Å². The van der Waals surface area contributed by atoms with Gasteiger partial charge in [0, 0.05) is 16.0 Å². The minimum atomic E-state index is 0.0429. The second-order valence-electron chi connectivity index (χ2n) is 5.12. The zero-order chi connectivity index (χ0) is 15.8. The topological polar surface area (TPSA) is 30.2 Å². The van der Waals surface area contributed by atoms with Gasteiger partial charge in [0.05, 0.1) is 9.93 Å². The Morgan fingerprint density at radius 2 is 1.65 bits per heavy atom. The summed E-state index contributed by atoms with van der Waals surface area (Å²) >= 11 is 7.66. The summed E-state index contributed by atoms with van der Waals surface area (Å²) in [5, 5.41) is 0.639. The number of fused-ring (bicyclic) bond motifs is 1. The minimum Gasteiger partial charge on any atom is -0.457 e. The van der Waals surface area contributed by atoms with Gasteiger partial charge in [0.1, 0.15) is 11.5 Å². The molecule has 2 nitrogen and oxygen atoms in total. The monoisotopic (exact) mass is 338 g/mol. The second kappa shape index (κ2) is 5.76. The Hall–Kier alpha value is -2.23. The van der Waals surface area contributed by atoms with Crippen LogP contribution in [0.2, 0.25) is 5.02 Å². The third-order valence-electron chi connectivity index (χ3n) is 3.61. The van der Waals surface area contributed by atoms with E-state index in [9.17, 15) is 4.79 Å². The Morgan fingerprint density at radius 1 is 0.913 bits per heavy atom. The lowest BCUT2D eigenvalue weighted by molar-refractivity contribution is 0.104. The number of thioether (sulfide) groups is 1. The van der Waals surface area contributed by atoms with Crippen LogP contribution in [0.3, 0.4) is 0 Å². The lowest BCUT2D eigenvalue weighted by Crippen LogP contribution is -1.93. The number of hydrogen-bond donors (Lipinski definition) is 0. The number of carbonyl (C=O) groups excluding carboxylic acids is 1. The molecule has 0 saturated carbocycles. The van der Waals surface area contributed by atoms with Crippen LogP contribution in [-0.4, -0.2) is 5.78 Å². The molecule has 1 aromatic heterocycles. The lowest BCUT2D eigenvalue weighted by Gasteiger charge is -1.99. The normalized spacial score (nSPS) is 15.2. The quantitative estimate of drug-likeness (QED) is 0.542. The molecule has 2 aromatic carbocycles. The first kappa shape index (κ1) is 14.4. The van der Waals surface area contributed by atoms with Crippen LogP contribution in [0.1, 0.15) is 16.1 Å². The minimum absolute atomic E-state index is 0.0429. The number of benzene rings is 2. The molecule has 0 atom stereocenters. The van der Waals surface area contributed by atoms with E-state index in [-0.39, 0.29) is 5.78 Å². The number of carbonyl (C=O) groups is 1. The summed E-state index contributed by atoms with van der Waals surface area (Å²) in [4.78, 5) is 14.0. The van der Waals surface area contributed by atoms with Gasteiger partial charge in [-0.05, 0) is 42.5 Å². The summed E-state index contributed by atoms with van der Waals surface area (Å²) in [6.45, 7) is 0. The average molecular weight is 339 g/mol. The Morgan fingerprint density at radius 3 is 2.43 bits per heavy atom. The molecule has 0 unspecified atom stereocenters. The van der Waals surface area contributed by atoms with Crippen molar-refractivity contribution in [2.24, 2.45) is 0 Å². The summed E-state index contributed by atoms with van der Waals surface area (Å²) in [6.07, 6.45) is 1.79. The molecule has 2 heterocycles. The molecule has 0 bridgehead atoms. The van der Waals surface area contributed by atoms with E-state index in [1.165, 1.54) is 11.8 Å². The predicted octanol–water partition coefficient (Wildman–Crippen LogP) is 5.93. The van der Waals surface area contributed by atoms with Crippen LogP contribution in [-0.2, 0) is 0 Å². The Labute approximate surface area is 142 Å². The maximum atomic E-state index is 12.4. The van der Waals surface area contributed by atoms with Crippen LogP contribution in [0, 0.1) is 0 Å². The number of Topliss-reactive ketones (excluding diaryl/α,β-unsaturated/α-hetero) is 1. The first-order chi connectivity index (χ1) is 11.2. The first-order valence-electron chi connectivity index (χ1n) is 7.10. The number of hydrogen-bond acceptors (Lipinski definition) is 3. The molecule has 0 spiro atoms. The van der Waals surface area contributed by atoms with Crippen molar-refractivity contribution >= 4 is 35.2 Å². The molecule has 0 aliphatic carbocycles. The Kier molecular flexibility index (Phi) is 3.60. The fraction of sp³-hybridized carbons (Fsp3) is 0. The third-order valence-corrected chi connectivity index (χ3v) is 5.04. The van der Waals surface area contributed by atoms with Gasteiger partial charge in [0.2, 0.25) is 5.78 Å². The molecule has 1 aliphatic rings. The second-order valence-corrected chi connectivity index (χ2v) is 6.61. The highest BCUT2D eigenvalue weighted by atomic mass is 35.5. The van der Waals surface area contributed by atoms with Gasteiger partial charge >= 0.3 is 0 Å². The molecular weight excluding hydrogens is 328 g/mol. The summed E-state index contributed by atoms with van der Waals surface area (Å²) in [7, 11) is 0. The van der Waals surface area contributed by atoms with Gasteiger partial charge in [-0.2, -0.15) is 0 Å². The maximum absolute atomic E-state index is 12.4. The van der Waals surface area contributed by atoms with Gasteiger partial charge < -0.3 is 4.42 Å². The number of ketones is 1. The van der Waals surface area contributed by atoms with E-state index in [1.54, 1.807) is 6.08 Å². The molecule has 0 N–H and O–H groups in total. The van der Waals surface area contributed by atoms with Crippen LogP contribution in [0.25, 0.3) is 17.4 Å². The van der Waals surface area contributed by atoms with E-state index >= 15 is 0 Å². The largest absolute Gasteiger partial charge is 0.457 e. The van der Waals surface area contributed by atoms with Crippen LogP contribution in [0.5, 0.6) is 0 Å². The van der Waals surface area contributed by atoms with Gasteiger partial charge in [-0.1, -0.05) is 47.6 Å². The SMILES string of the molecule is O=C1/C(=C/c2ccc(-c3ccccc3Cl)o2)Sc2ccccc21. The van der Waals surface area contributed by atoms with Crippen molar-refractivity contribution in [1.82, 2.24) is 0 Å². The van der Waals surface area contributed by atoms with E-state index < -0.39 is 0 Å². The standard InChI is InChI=1S/C19H11ClO2S/c20-15-7-3-1-5-13(15)16-10-9-12(22-16)11-18-19(21)14-6-2-4-8-17(14)23-18/h1-11H/b18-11-. The third kappa shape index (κ3) is 2.62. The lowest BCUT2D eigenvalue weighted by atomic mass is 10.1. The van der Waals surface area contributed by atoms with Crippen molar-refractivity contribution in [2.75, 3.05) is 0 Å². The van der Waals surface area contributed by atoms with E-state index in [0.29, 0.717) is 21.4 Å². The number of halogens is 1. The number of rotatable bonds is 2. The van der Waals surface area contributed by atoms with Crippen molar-refractivity contribution in [3.8, 4) is 11.3 Å². The van der Waals surface area contributed by atoms with Gasteiger partial charge in [-0.3, -0.25) is 4.79 Å². The summed E-state index contributed by atoms with van der Waals surface area (Å²) < 4.78 is 5.83. The van der Waals surface area contributed by atoms with E-state index in [1.807, 2.05) is 60.7 Å². The fourth-order valence-electron chi connectivity index (χ4n) is 2.50. The molecule has 0 saturated heterocycles. The highest BCUT2D eigenvalue weighted by Crippen LogP contribution is 2.41. The van der Waals surface area contributed by atoms with Gasteiger partial charge in [0.25, 0.3) is 0 Å². The molecule has 0 fully saturated rings. The zero-order valence-electron chi connectivity index (χ0n) is 12.0. The Balaban J connectivity index is 1.67. The highest BCUT2D eigenvalue weighted by molar-refractivity contribution is 8.04. The average Bonchev–Trinajstić information content (AvgIpc) is 3.14. The van der Waals surface area contributed by atoms with E-state index in [2.05, 4.69) is 0 Å². The first-order valence-corrected chi connectivity index (χ1v) is 8.30. The maximum Gasteiger partial charge on any atom is 0.200 e. The van der Waals surface area contributed by atoms with Crippen LogP contribution in [0.15, 0.2) is 74.9 Å². The smallest absolute Gasteiger partial charge is 0.200 e. The van der Waals surface area contributed by atoms with Crippen LogP contribution < -0.4 is 0 Å². The van der Waals surface area contributed by atoms with Crippen molar-refractivity contribution in [2.45, 2.75) is 4.90 Å². The molecule has 1 aliphatic heterocycles. The molecule has 112 valence electrons.